The van der Waals surface area contributed by atoms with Gasteiger partial charge in [0, 0.05) is 6.20 Å². The summed E-state index contributed by atoms with van der Waals surface area (Å²) in [7, 11) is 0. The summed E-state index contributed by atoms with van der Waals surface area (Å²) in [4.78, 5) is 4.64. The van der Waals surface area contributed by atoms with E-state index in [1.165, 1.54) is 43.2 Å². The van der Waals surface area contributed by atoms with Crippen LogP contribution in [0.5, 0.6) is 5.75 Å². The van der Waals surface area contributed by atoms with Gasteiger partial charge in [-0.3, -0.25) is 4.98 Å². The van der Waals surface area contributed by atoms with Crippen LogP contribution in [-0.2, 0) is 0 Å². The van der Waals surface area contributed by atoms with Gasteiger partial charge in [0.2, 0.25) is 0 Å². The first-order chi connectivity index (χ1) is 13.8. The lowest BCUT2D eigenvalue weighted by Crippen LogP contribution is -2.35. The van der Waals surface area contributed by atoms with Crippen LogP contribution >= 0.6 is 0 Å². The van der Waals surface area contributed by atoms with Gasteiger partial charge in [-0.05, 0) is 93.4 Å². The van der Waals surface area contributed by atoms with Crippen molar-refractivity contribution in [1.82, 2.24) is 15.6 Å². The molecule has 4 heteroatoms. The van der Waals surface area contributed by atoms with Crippen molar-refractivity contribution in [3.63, 3.8) is 0 Å². The SMILES string of the molecule is Cc1cc(C(NCC2CCNCC2)c2ccccn2)ccc1OCC1CCC1. The largest absolute Gasteiger partial charge is 0.493 e. The van der Waals surface area contributed by atoms with E-state index < -0.39 is 0 Å². The number of aromatic nitrogens is 1. The van der Waals surface area contributed by atoms with Crippen molar-refractivity contribution in [3.05, 3.63) is 59.4 Å². The van der Waals surface area contributed by atoms with Gasteiger partial charge in [0.15, 0.2) is 0 Å². The number of hydrogen-bond donors (Lipinski definition) is 2. The fraction of sp³-hybridized carbons (Fsp3) is 0.542. The Labute approximate surface area is 169 Å². The summed E-state index contributed by atoms with van der Waals surface area (Å²) < 4.78 is 6.09. The molecule has 1 aliphatic heterocycles. The monoisotopic (exact) mass is 379 g/mol. The molecule has 4 rings (SSSR count). The van der Waals surface area contributed by atoms with Crippen molar-refractivity contribution in [2.24, 2.45) is 11.8 Å². The molecule has 1 unspecified atom stereocenters. The Bertz CT molecular complexity index is 739. The van der Waals surface area contributed by atoms with E-state index in [9.17, 15) is 0 Å². The van der Waals surface area contributed by atoms with Crippen molar-refractivity contribution in [1.29, 1.82) is 0 Å². The molecule has 150 valence electrons. The molecule has 4 nitrogen and oxygen atoms in total. The van der Waals surface area contributed by atoms with Crippen molar-refractivity contribution in [2.75, 3.05) is 26.2 Å². The minimum atomic E-state index is 0.121. The maximum Gasteiger partial charge on any atom is 0.122 e. The molecule has 2 aromatic rings. The molecule has 2 fully saturated rings. The highest BCUT2D eigenvalue weighted by Gasteiger charge is 2.21. The van der Waals surface area contributed by atoms with Crippen LogP contribution in [0.3, 0.4) is 0 Å². The first-order valence-corrected chi connectivity index (χ1v) is 10.9. The quantitative estimate of drug-likeness (QED) is 0.720. The van der Waals surface area contributed by atoms with Crippen molar-refractivity contribution >= 4 is 0 Å². The minimum absolute atomic E-state index is 0.121. The fourth-order valence-electron chi connectivity index (χ4n) is 4.19. The van der Waals surface area contributed by atoms with Crippen LogP contribution in [0.4, 0.5) is 0 Å². The first-order valence-electron chi connectivity index (χ1n) is 10.9. The molecule has 0 spiro atoms. The topological polar surface area (TPSA) is 46.2 Å². The molecule has 0 bridgehead atoms. The van der Waals surface area contributed by atoms with Crippen molar-refractivity contribution in [3.8, 4) is 5.75 Å². The smallest absolute Gasteiger partial charge is 0.122 e. The van der Waals surface area contributed by atoms with Gasteiger partial charge in [-0.1, -0.05) is 24.6 Å². The van der Waals surface area contributed by atoms with Crippen molar-refractivity contribution < 1.29 is 4.74 Å². The fourth-order valence-corrected chi connectivity index (χ4v) is 4.19. The van der Waals surface area contributed by atoms with E-state index in [0.29, 0.717) is 0 Å². The molecule has 1 aliphatic carbocycles. The average Bonchev–Trinajstić information content (AvgIpc) is 2.70. The third-order valence-corrected chi connectivity index (χ3v) is 6.28. The van der Waals surface area contributed by atoms with Gasteiger partial charge in [0.05, 0.1) is 18.3 Å². The molecule has 2 aliphatic rings. The predicted octanol–water partition coefficient (Wildman–Crippen LogP) is 4.25. The van der Waals surface area contributed by atoms with E-state index in [4.69, 9.17) is 4.74 Å². The number of nitrogens with one attached hydrogen (secondary N) is 2. The van der Waals surface area contributed by atoms with Crippen LogP contribution in [0.2, 0.25) is 0 Å². The highest BCUT2D eigenvalue weighted by atomic mass is 16.5. The minimum Gasteiger partial charge on any atom is -0.493 e. The normalized spacial score (nSPS) is 19.2. The zero-order valence-electron chi connectivity index (χ0n) is 17.0. The molecule has 2 heterocycles. The lowest BCUT2D eigenvalue weighted by Gasteiger charge is -2.27. The summed E-state index contributed by atoms with van der Waals surface area (Å²) in [6.45, 7) is 6.31. The molecule has 2 N–H and O–H groups in total. The summed E-state index contributed by atoms with van der Waals surface area (Å²) in [5.74, 6) is 2.51. The Kier molecular flexibility index (Phi) is 6.61. The number of nitrogens with zero attached hydrogens (tertiary/aromatic N) is 1. The van der Waals surface area contributed by atoms with Gasteiger partial charge in [0.25, 0.3) is 0 Å². The van der Waals surface area contributed by atoms with Crippen LogP contribution in [-0.4, -0.2) is 31.2 Å². The standard InChI is InChI=1S/C24H33N3O/c1-18-15-21(8-9-23(18)28-17-20-5-4-6-20)24(22-7-2-3-12-26-22)27-16-19-10-13-25-14-11-19/h2-3,7-9,12,15,19-20,24-25,27H,4-6,10-11,13-14,16-17H2,1H3. The molecule has 0 radical (unpaired) electrons. The zero-order valence-corrected chi connectivity index (χ0v) is 17.0. The molecule has 28 heavy (non-hydrogen) atoms. The first kappa shape index (κ1) is 19.4. The number of aryl methyl sites for hydroxylation is 1. The Balaban J connectivity index is 1.47. The average molecular weight is 380 g/mol. The van der Waals surface area contributed by atoms with E-state index in [2.05, 4.69) is 52.9 Å². The van der Waals surface area contributed by atoms with Crippen LogP contribution < -0.4 is 15.4 Å². The summed E-state index contributed by atoms with van der Waals surface area (Å²) in [6, 6.07) is 12.9. The summed E-state index contributed by atoms with van der Waals surface area (Å²) >= 11 is 0. The molecule has 1 aromatic heterocycles. The number of hydrogen-bond acceptors (Lipinski definition) is 4. The number of pyridine rings is 1. The van der Waals surface area contributed by atoms with Crippen molar-refractivity contribution in [2.45, 2.75) is 45.1 Å². The second-order valence-electron chi connectivity index (χ2n) is 8.42. The zero-order chi connectivity index (χ0) is 19.2. The summed E-state index contributed by atoms with van der Waals surface area (Å²) in [6.07, 6.45) is 8.38. The number of benzene rings is 1. The lowest BCUT2D eigenvalue weighted by atomic mass is 9.86. The maximum absolute atomic E-state index is 6.09. The molecule has 1 saturated carbocycles. The van der Waals surface area contributed by atoms with Crippen LogP contribution in [0.15, 0.2) is 42.6 Å². The molecule has 1 saturated heterocycles. The second kappa shape index (κ2) is 9.53. The van der Waals surface area contributed by atoms with E-state index in [0.717, 1.165) is 49.5 Å². The van der Waals surface area contributed by atoms with Gasteiger partial charge < -0.3 is 15.4 Å². The Morgan fingerprint density at radius 1 is 1.11 bits per heavy atom. The van der Waals surface area contributed by atoms with Crippen LogP contribution in [0.1, 0.15) is 55.0 Å². The number of rotatable bonds is 8. The Morgan fingerprint density at radius 3 is 2.64 bits per heavy atom. The molecule has 1 aromatic carbocycles. The van der Waals surface area contributed by atoms with E-state index in [1.54, 1.807) is 0 Å². The van der Waals surface area contributed by atoms with E-state index >= 15 is 0 Å². The lowest BCUT2D eigenvalue weighted by molar-refractivity contribution is 0.180. The van der Waals surface area contributed by atoms with E-state index in [-0.39, 0.29) is 6.04 Å². The highest BCUT2D eigenvalue weighted by Crippen LogP contribution is 2.30. The van der Waals surface area contributed by atoms with Gasteiger partial charge >= 0.3 is 0 Å². The third-order valence-electron chi connectivity index (χ3n) is 6.28. The van der Waals surface area contributed by atoms with Gasteiger partial charge in [-0.15, -0.1) is 0 Å². The molecular weight excluding hydrogens is 346 g/mol. The Morgan fingerprint density at radius 2 is 1.96 bits per heavy atom. The predicted molar refractivity (Wildman–Crippen MR) is 114 cm³/mol. The molecule has 0 amide bonds. The molecule has 1 atom stereocenters. The Hall–Kier alpha value is -1.91. The van der Waals surface area contributed by atoms with E-state index in [1.807, 2.05) is 12.3 Å². The van der Waals surface area contributed by atoms with Crippen LogP contribution in [0.25, 0.3) is 0 Å². The van der Waals surface area contributed by atoms with Crippen LogP contribution in [0, 0.1) is 18.8 Å². The van der Waals surface area contributed by atoms with Gasteiger partial charge in [-0.25, -0.2) is 0 Å². The highest BCUT2D eigenvalue weighted by molar-refractivity contribution is 5.39. The van der Waals surface area contributed by atoms with Gasteiger partial charge in [-0.2, -0.15) is 0 Å². The van der Waals surface area contributed by atoms with Gasteiger partial charge in [0.1, 0.15) is 5.75 Å². The summed E-state index contributed by atoms with van der Waals surface area (Å²) in [5, 5.41) is 7.26. The third kappa shape index (κ3) is 4.92. The number of ether oxygens (including phenoxy) is 1. The number of piperidine rings is 1. The summed E-state index contributed by atoms with van der Waals surface area (Å²) in [5.41, 5.74) is 3.56. The maximum atomic E-state index is 6.09. The second-order valence-corrected chi connectivity index (χ2v) is 8.42. The molecular formula is C24H33N3O.